The maximum absolute atomic E-state index is 11.0. The average Bonchev–Trinajstić information content (AvgIpc) is 0.849. The molecule has 722 valence electrons. The molecule has 0 aliphatic carbocycles. The lowest BCUT2D eigenvalue weighted by Crippen LogP contribution is -2.07. The van der Waals surface area contributed by atoms with Crippen LogP contribution in [0.5, 0.6) is 0 Å². The van der Waals surface area contributed by atoms with E-state index in [0.29, 0.717) is 27.4 Å². The summed E-state index contributed by atoms with van der Waals surface area (Å²) in [7, 11) is 0. The van der Waals surface area contributed by atoms with E-state index in [1.54, 1.807) is 0 Å². The molecule has 13 aromatic rings. The molecular weight excluding hydrogens is 1850 g/mol. The fraction of sp³-hybridized carbons (Fsp3) is 0.311. The predicted molar refractivity (Wildman–Crippen MR) is 608 cm³/mol. The average molecular weight is 1990 g/mol. The zero-order valence-electron chi connectivity index (χ0n) is 79.8. The van der Waals surface area contributed by atoms with Gasteiger partial charge in [-0.1, -0.05) is 402 Å². The number of hydrogen-bond acceptors (Lipinski definition) is 12. The van der Waals surface area contributed by atoms with Crippen LogP contribution in [-0.2, 0) is 66.5 Å². The molecule has 0 saturated heterocycles. The summed E-state index contributed by atoms with van der Waals surface area (Å²) < 4.78 is 0. The molecule has 4 unspecified atom stereocenters. The van der Waals surface area contributed by atoms with Gasteiger partial charge in [0.2, 0.25) is 0 Å². The molecule has 13 aromatic carbocycles. The van der Waals surface area contributed by atoms with E-state index in [0.717, 1.165) is 160 Å². The Kier molecular flexibility index (Phi) is 54.6. The summed E-state index contributed by atoms with van der Waals surface area (Å²) in [6.45, 7) is 0. The molecule has 4 atom stereocenters. The molecule has 0 aromatic heterocycles. The normalized spacial score (nSPS) is 12.0. The Morgan fingerprint density at radius 3 is 0.833 bits per heavy atom. The van der Waals surface area contributed by atoms with Gasteiger partial charge < -0.3 is 20.4 Å². The van der Waals surface area contributed by atoms with Crippen LogP contribution >= 0.6 is 94.1 Å². The molecule has 0 heterocycles. The van der Waals surface area contributed by atoms with Gasteiger partial charge in [-0.15, -0.1) is 0 Å². The van der Waals surface area contributed by atoms with Crippen LogP contribution in [0.1, 0.15) is 195 Å². The van der Waals surface area contributed by atoms with Crippen molar-refractivity contribution in [1.82, 2.24) is 0 Å². The Balaban J connectivity index is 0.000000192. The van der Waals surface area contributed by atoms with Crippen molar-refractivity contribution >= 4 is 153 Å². The maximum Gasteiger partial charge on any atom is 0.303 e. The molecule has 0 radical (unpaired) electrons. The topological polar surface area (TPSA) is 149 Å². The monoisotopic (exact) mass is 1990 g/mol. The number of aryl methyl sites for hydroxylation is 2. The van der Waals surface area contributed by atoms with Gasteiger partial charge >= 0.3 is 23.9 Å². The van der Waals surface area contributed by atoms with Crippen LogP contribution in [0.4, 0.5) is 0 Å². The standard InChI is InChI=1S/C38H40O2S2.C34H36O2S2.C26H30O2S2.C24H32O2S2/c39-38(40)14-8-7-13-37(42-30-36-25-21-34(22-26-36)18-16-32-11-5-2-6-12-32)27-28-41-29-35-23-19-33(20-24-35)17-15-31-9-3-1-4-10-31;35-34(36)14-8-7-13-33(38-26-28-17-21-32(22-18-28)30-11-5-2-6-12-30)23-24-37-25-27-15-19-31(20-16-27)29-9-3-1-4-10-29;27-26(28)13-7-6-12-25(30-20-21-8-2-1-3-9-21)16-17-29-19-22-14-15-23-10-4-5-11-24(23)18-22;25-24(26)14-8-7-13-23(28-20-16-22-11-5-2-6-12-22)17-19-27-18-15-21-9-3-1-4-10-21/h1-6,9-12,15-26,37H,7-8,13-14,27-30H2,(H,39,40);1-6,9-12,15-22,33H,7-8,13-14,23-26H2,(H,35,36);1-5,8-11,14-15,18,25H,6-7,12-13,16-17,19-20H2,(H,27,28);1-6,9-12,23H,7-8,13-20H2,(H,25,26)/b17-15+,18-16+;;;. The van der Waals surface area contributed by atoms with Crippen molar-refractivity contribution in [3.05, 3.63) is 419 Å². The van der Waals surface area contributed by atoms with Crippen LogP contribution in [0.3, 0.4) is 0 Å². The van der Waals surface area contributed by atoms with Gasteiger partial charge in [-0.25, -0.2) is 0 Å². The van der Waals surface area contributed by atoms with Gasteiger partial charge in [-0.05, 0) is 224 Å². The summed E-state index contributed by atoms with van der Waals surface area (Å²) in [6.07, 6.45) is 28.1. The number of benzene rings is 13. The number of unbranched alkanes of at least 4 members (excludes halogenated alkanes) is 4. The van der Waals surface area contributed by atoms with Crippen LogP contribution in [0.2, 0.25) is 0 Å². The van der Waals surface area contributed by atoms with E-state index < -0.39 is 23.9 Å². The van der Waals surface area contributed by atoms with Crippen LogP contribution in [0.25, 0.3) is 57.3 Å². The number of fused-ring (bicyclic) bond motifs is 1. The lowest BCUT2D eigenvalue weighted by atomic mass is 10.0. The van der Waals surface area contributed by atoms with E-state index in [9.17, 15) is 19.2 Å². The largest absolute Gasteiger partial charge is 0.481 e. The van der Waals surface area contributed by atoms with Crippen molar-refractivity contribution in [3.63, 3.8) is 0 Å². The van der Waals surface area contributed by atoms with Gasteiger partial charge in [0.1, 0.15) is 0 Å². The molecule has 8 nitrogen and oxygen atoms in total. The number of carboxylic acid groups (broad SMARTS) is 4. The Labute approximate surface area is 857 Å². The summed E-state index contributed by atoms with van der Waals surface area (Å²) in [5.41, 5.74) is 20.8. The van der Waals surface area contributed by atoms with E-state index in [1.807, 2.05) is 107 Å². The van der Waals surface area contributed by atoms with Crippen LogP contribution in [0.15, 0.2) is 352 Å². The first-order chi connectivity index (χ1) is 67.7. The summed E-state index contributed by atoms with van der Waals surface area (Å²) in [6, 6.07) is 124. The van der Waals surface area contributed by atoms with Gasteiger partial charge in [0.05, 0.1) is 0 Å². The minimum Gasteiger partial charge on any atom is -0.481 e. The highest BCUT2D eigenvalue weighted by Crippen LogP contribution is 2.34. The van der Waals surface area contributed by atoms with Crippen molar-refractivity contribution in [3.8, 4) is 22.3 Å². The molecule has 0 saturated carbocycles. The molecule has 0 aliphatic heterocycles. The first kappa shape index (κ1) is 110. The second kappa shape index (κ2) is 68.4. The van der Waals surface area contributed by atoms with Crippen LogP contribution in [-0.4, -0.2) is 99.8 Å². The summed E-state index contributed by atoms with van der Waals surface area (Å²) in [4.78, 5) is 43.4. The smallest absolute Gasteiger partial charge is 0.303 e. The van der Waals surface area contributed by atoms with Crippen molar-refractivity contribution in [2.75, 3.05) is 34.5 Å². The van der Waals surface area contributed by atoms with Crippen molar-refractivity contribution in [1.29, 1.82) is 0 Å². The molecule has 4 N–H and O–H groups in total. The SMILES string of the molecule is O=C(O)CCCCC(CCSCCc1ccccc1)SCCc1ccccc1.O=C(O)CCCCC(CCSCc1ccc(-c2ccccc2)cc1)SCc1ccc(-c2ccccc2)cc1.O=C(O)CCCCC(CCSCc1ccc(/C=C/c2ccccc2)cc1)SCc1ccc(/C=C/c2ccccc2)cc1.O=C(O)CCCCC(CCSCc1ccc2ccccc2c1)SCc1ccccc1. The Hall–Kier alpha value is -9.72. The molecule has 0 amide bonds. The first-order valence-electron chi connectivity index (χ1n) is 48.9. The highest BCUT2D eigenvalue weighted by atomic mass is 32.2. The third-order valence-corrected chi connectivity index (χ3v) is 33.4. The van der Waals surface area contributed by atoms with Gasteiger partial charge in [0.25, 0.3) is 0 Å². The van der Waals surface area contributed by atoms with Gasteiger partial charge in [0, 0.05) is 81.2 Å². The van der Waals surface area contributed by atoms with Gasteiger partial charge in [-0.2, -0.15) is 94.1 Å². The zero-order valence-corrected chi connectivity index (χ0v) is 86.4. The van der Waals surface area contributed by atoms with Gasteiger partial charge in [0.15, 0.2) is 0 Å². The zero-order chi connectivity index (χ0) is 96.6. The highest BCUT2D eigenvalue weighted by molar-refractivity contribution is 8.01. The molecule has 138 heavy (non-hydrogen) atoms. The Morgan fingerprint density at radius 2 is 0.471 bits per heavy atom. The Morgan fingerprint density at radius 1 is 0.210 bits per heavy atom. The van der Waals surface area contributed by atoms with Gasteiger partial charge in [-0.3, -0.25) is 19.2 Å². The van der Waals surface area contributed by atoms with E-state index in [1.165, 1.54) is 124 Å². The summed E-state index contributed by atoms with van der Waals surface area (Å²) >= 11 is 16.2. The summed E-state index contributed by atoms with van der Waals surface area (Å²) in [5, 5.41) is 40.6. The molecule has 13 rings (SSSR count). The van der Waals surface area contributed by atoms with Crippen molar-refractivity contribution < 1.29 is 39.6 Å². The lowest BCUT2D eigenvalue weighted by Gasteiger charge is -2.17. The minimum absolute atomic E-state index is 0.265. The molecule has 0 fully saturated rings. The quantitative estimate of drug-likeness (QED) is 0.0211. The van der Waals surface area contributed by atoms with Crippen molar-refractivity contribution in [2.24, 2.45) is 0 Å². The van der Waals surface area contributed by atoms with E-state index in [2.05, 4.69) is 364 Å². The first-order valence-corrected chi connectivity index (χ1v) is 57.7. The molecule has 16 heteroatoms. The van der Waals surface area contributed by atoms with E-state index in [4.69, 9.17) is 20.4 Å². The number of carbonyl (C=O) groups is 4. The molecule has 0 spiro atoms. The minimum atomic E-state index is -0.697. The Bertz CT molecular complexity index is 5510. The highest BCUT2D eigenvalue weighted by Gasteiger charge is 2.17. The maximum atomic E-state index is 11.0. The third-order valence-electron chi connectivity index (χ3n) is 23.5. The fourth-order valence-corrected chi connectivity index (χ4v) is 25.3. The summed E-state index contributed by atoms with van der Waals surface area (Å²) in [5.74, 6) is 10.2. The van der Waals surface area contributed by atoms with Crippen LogP contribution < -0.4 is 0 Å². The van der Waals surface area contributed by atoms with Crippen molar-refractivity contribution in [2.45, 2.75) is 197 Å². The second-order valence-electron chi connectivity index (χ2n) is 34.5. The number of hydrogen-bond donors (Lipinski definition) is 4. The molecule has 0 aliphatic rings. The third kappa shape index (κ3) is 48.4. The lowest BCUT2D eigenvalue weighted by molar-refractivity contribution is -0.138. The predicted octanol–water partition coefficient (Wildman–Crippen LogP) is 33.9. The second-order valence-corrected chi connectivity index (χ2v) is 44.3. The van der Waals surface area contributed by atoms with Crippen LogP contribution in [0, 0.1) is 0 Å². The van der Waals surface area contributed by atoms with E-state index >= 15 is 0 Å². The number of carboxylic acids is 4. The number of aliphatic carboxylic acids is 4. The van der Waals surface area contributed by atoms with E-state index in [-0.39, 0.29) is 19.3 Å². The number of thioether (sulfide) groups is 8. The fourth-order valence-electron chi connectivity index (χ4n) is 15.5. The molecular formula is C122H138O8S8. The molecule has 0 bridgehead atoms. The number of rotatable bonds is 60.